The Labute approximate surface area is 101 Å². The molecule has 1 radical (unpaired) electrons. The molecule has 0 spiro atoms. The molecule has 13 heavy (non-hydrogen) atoms. The van der Waals surface area contributed by atoms with Crippen LogP contribution in [0, 0.1) is 5.41 Å². The molecule has 2 atom stereocenters. The third-order valence-corrected chi connectivity index (χ3v) is 2.12. The van der Waals surface area contributed by atoms with E-state index in [0.717, 1.165) is 12.8 Å². The topological polar surface area (TPSA) is 40.5 Å². The summed E-state index contributed by atoms with van der Waals surface area (Å²) >= 11 is 0. The monoisotopic (exact) mass is 219 g/mol. The molecule has 2 N–H and O–H groups in total. The summed E-state index contributed by atoms with van der Waals surface area (Å²) in [5.41, 5.74) is -0.116. The van der Waals surface area contributed by atoms with Gasteiger partial charge in [0.2, 0.25) is 0 Å². The van der Waals surface area contributed by atoms with Crippen LogP contribution in [0.15, 0.2) is 0 Å². The molecule has 0 aromatic rings. The molecular formula is C10H22O2Sc. The minimum Gasteiger partial charge on any atom is -0.393 e. The minimum atomic E-state index is -0.404. The van der Waals surface area contributed by atoms with E-state index in [1.165, 1.54) is 0 Å². The summed E-state index contributed by atoms with van der Waals surface area (Å²) in [5.74, 6) is 0. The Bertz CT molecular complexity index is 121. The van der Waals surface area contributed by atoms with Crippen LogP contribution in [0.3, 0.4) is 0 Å². The number of rotatable bonds is 4. The van der Waals surface area contributed by atoms with Crippen molar-refractivity contribution in [3.05, 3.63) is 0 Å². The van der Waals surface area contributed by atoms with E-state index in [-0.39, 0.29) is 37.4 Å². The van der Waals surface area contributed by atoms with E-state index in [0.29, 0.717) is 6.42 Å². The van der Waals surface area contributed by atoms with E-state index in [1.807, 2.05) is 27.7 Å². The molecule has 77 valence electrons. The molecule has 0 fully saturated rings. The van der Waals surface area contributed by atoms with Crippen LogP contribution in [0.1, 0.15) is 47.0 Å². The van der Waals surface area contributed by atoms with Gasteiger partial charge in [-0.2, -0.15) is 0 Å². The number of aliphatic hydroxyl groups excluding tert-OH is 2. The van der Waals surface area contributed by atoms with Crippen LogP contribution in [0.4, 0.5) is 0 Å². The summed E-state index contributed by atoms with van der Waals surface area (Å²) in [6.45, 7) is 7.98. The average Bonchev–Trinajstić information content (AvgIpc) is 1.85. The number of aliphatic hydroxyl groups is 2. The van der Waals surface area contributed by atoms with Gasteiger partial charge in [-0.05, 0) is 18.3 Å². The van der Waals surface area contributed by atoms with Crippen molar-refractivity contribution in [3.8, 4) is 0 Å². The third-order valence-electron chi connectivity index (χ3n) is 2.12. The zero-order chi connectivity index (χ0) is 9.78. The van der Waals surface area contributed by atoms with Crippen molar-refractivity contribution in [1.29, 1.82) is 0 Å². The van der Waals surface area contributed by atoms with Crippen molar-refractivity contribution in [2.45, 2.75) is 59.2 Å². The Kier molecular flexibility index (Phi) is 8.90. The van der Waals surface area contributed by atoms with Gasteiger partial charge in [0.1, 0.15) is 0 Å². The summed E-state index contributed by atoms with van der Waals surface area (Å²) in [6, 6.07) is 0. The van der Waals surface area contributed by atoms with Gasteiger partial charge in [-0.15, -0.1) is 0 Å². The van der Waals surface area contributed by atoms with Gasteiger partial charge in [-0.25, -0.2) is 0 Å². The summed E-state index contributed by atoms with van der Waals surface area (Å²) < 4.78 is 0. The fourth-order valence-corrected chi connectivity index (χ4v) is 1.06. The summed E-state index contributed by atoms with van der Waals surface area (Å²) in [5, 5.41) is 19.0. The van der Waals surface area contributed by atoms with E-state index in [2.05, 4.69) is 0 Å². The Morgan fingerprint density at radius 1 is 1.15 bits per heavy atom. The fourth-order valence-electron chi connectivity index (χ4n) is 1.06. The standard InChI is InChI=1S/C10H22O2.Sc/c1-5-6-8(11)7-9(12)10(2,3)4;/h8-9,11-12H,5-7H2,1-4H3;. The molecule has 0 amide bonds. The Hall–Kier alpha value is 0.790. The molecule has 2 nitrogen and oxygen atoms in total. The van der Waals surface area contributed by atoms with Crippen molar-refractivity contribution in [1.82, 2.24) is 0 Å². The molecule has 0 aromatic carbocycles. The van der Waals surface area contributed by atoms with Crippen LogP contribution in [0.5, 0.6) is 0 Å². The van der Waals surface area contributed by atoms with Crippen LogP contribution < -0.4 is 0 Å². The largest absolute Gasteiger partial charge is 0.393 e. The van der Waals surface area contributed by atoms with Crippen LogP contribution in [-0.4, -0.2) is 22.4 Å². The van der Waals surface area contributed by atoms with E-state index in [4.69, 9.17) is 0 Å². The Morgan fingerprint density at radius 2 is 1.62 bits per heavy atom. The minimum absolute atomic E-state index is 0. The van der Waals surface area contributed by atoms with Crippen molar-refractivity contribution >= 4 is 0 Å². The van der Waals surface area contributed by atoms with Gasteiger partial charge in [0.25, 0.3) is 0 Å². The molecule has 0 heterocycles. The zero-order valence-electron chi connectivity index (χ0n) is 9.25. The first-order valence-corrected chi connectivity index (χ1v) is 4.74. The molecular weight excluding hydrogens is 197 g/mol. The second-order valence-corrected chi connectivity index (χ2v) is 4.56. The predicted molar refractivity (Wildman–Crippen MR) is 51.0 cm³/mol. The first kappa shape index (κ1) is 16.2. The number of hydrogen-bond acceptors (Lipinski definition) is 2. The van der Waals surface area contributed by atoms with Gasteiger partial charge in [-0.3, -0.25) is 0 Å². The first-order chi connectivity index (χ1) is 5.38. The molecule has 0 saturated heterocycles. The maximum atomic E-state index is 9.62. The van der Waals surface area contributed by atoms with Crippen molar-refractivity contribution < 1.29 is 36.1 Å². The molecule has 3 heteroatoms. The summed E-state index contributed by atoms with van der Waals surface area (Å²) in [6.07, 6.45) is 1.51. The van der Waals surface area contributed by atoms with Gasteiger partial charge >= 0.3 is 0 Å². The second-order valence-electron chi connectivity index (χ2n) is 4.56. The van der Waals surface area contributed by atoms with Crippen LogP contribution >= 0.6 is 0 Å². The Morgan fingerprint density at radius 3 is 1.92 bits per heavy atom. The molecule has 0 aromatic heterocycles. The van der Waals surface area contributed by atoms with Crippen LogP contribution in [0.25, 0.3) is 0 Å². The molecule has 0 aliphatic carbocycles. The van der Waals surface area contributed by atoms with E-state index in [9.17, 15) is 10.2 Å². The quantitative estimate of drug-likeness (QED) is 0.758. The number of hydrogen-bond donors (Lipinski definition) is 2. The Balaban J connectivity index is 0. The fraction of sp³-hybridized carbons (Fsp3) is 1.00. The van der Waals surface area contributed by atoms with Gasteiger partial charge < -0.3 is 10.2 Å². The molecule has 0 aliphatic rings. The zero-order valence-corrected chi connectivity index (χ0v) is 11.1. The van der Waals surface area contributed by atoms with Crippen molar-refractivity contribution in [2.75, 3.05) is 0 Å². The van der Waals surface area contributed by atoms with E-state index in [1.54, 1.807) is 0 Å². The maximum absolute atomic E-state index is 9.62. The summed E-state index contributed by atoms with van der Waals surface area (Å²) in [4.78, 5) is 0. The van der Waals surface area contributed by atoms with Crippen LogP contribution in [0.2, 0.25) is 0 Å². The third kappa shape index (κ3) is 7.83. The first-order valence-electron chi connectivity index (χ1n) is 4.74. The van der Waals surface area contributed by atoms with Gasteiger partial charge in [0.15, 0.2) is 0 Å². The smallest absolute Gasteiger partial charge is 0.0613 e. The molecule has 0 saturated carbocycles. The second kappa shape index (κ2) is 7.13. The van der Waals surface area contributed by atoms with Gasteiger partial charge in [-0.1, -0.05) is 34.1 Å². The van der Waals surface area contributed by atoms with Crippen LogP contribution in [-0.2, 0) is 25.8 Å². The van der Waals surface area contributed by atoms with E-state index >= 15 is 0 Å². The van der Waals surface area contributed by atoms with Crippen molar-refractivity contribution in [3.63, 3.8) is 0 Å². The predicted octanol–water partition coefficient (Wildman–Crippen LogP) is 1.94. The molecule has 0 rings (SSSR count). The van der Waals surface area contributed by atoms with Gasteiger partial charge in [0.05, 0.1) is 12.2 Å². The van der Waals surface area contributed by atoms with Gasteiger partial charge in [0, 0.05) is 25.8 Å². The maximum Gasteiger partial charge on any atom is 0.0613 e. The SMILES string of the molecule is CCCC(O)CC(O)C(C)(C)C.[Sc]. The van der Waals surface area contributed by atoms with E-state index < -0.39 is 6.10 Å². The average molecular weight is 219 g/mol. The molecule has 2 unspecified atom stereocenters. The summed E-state index contributed by atoms with van der Waals surface area (Å²) in [7, 11) is 0. The molecule has 0 aliphatic heterocycles. The molecule has 0 bridgehead atoms. The normalized spacial score (nSPS) is 16.2. The van der Waals surface area contributed by atoms with Crippen molar-refractivity contribution in [2.24, 2.45) is 5.41 Å².